The maximum absolute atomic E-state index is 14.7. The first-order valence-electron chi connectivity index (χ1n) is 8.83. The summed E-state index contributed by atoms with van der Waals surface area (Å²) in [4.78, 5) is 4.46. The van der Waals surface area contributed by atoms with Crippen LogP contribution >= 0.6 is 11.8 Å². The Kier molecular flexibility index (Phi) is 6.66. The predicted molar refractivity (Wildman–Crippen MR) is 112 cm³/mol. The fourth-order valence-corrected chi connectivity index (χ4v) is 3.95. The van der Waals surface area contributed by atoms with Crippen molar-refractivity contribution in [2.45, 2.75) is 11.4 Å². The third kappa shape index (κ3) is 4.49. The summed E-state index contributed by atoms with van der Waals surface area (Å²) in [7, 11) is 1.59. The smallest absolute Gasteiger partial charge is 0.136 e. The monoisotopic (exact) mass is 419 g/mol. The van der Waals surface area contributed by atoms with E-state index in [0.717, 1.165) is 6.07 Å². The number of aliphatic hydroxyl groups is 1. The second-order valence-corrected chi connectivity index (χ2v) is 7.43. The second kappa shape index (κ2) is 9.19. The molecule has 0 aliphatic rings. The van der Waals surface area contributed by atoms with Gasteiger partial charge in [0.2, 0.25) is 0 Å². The van der Waals surface area contributed by atoms with Gasteiger partial charge in [-0.15, -0.1) is 11.8 Å². The van der Waals surface area contributed by atoms with Gasteiger partial charge in [0.1, 0.15) is 17.5 Å². The van der Waals surface area contributed by atoms with Crippen LogP contribution in [-0.4, -0.2) is 35.3 Å². The number of rotatable bonds is 7. The van der Waals surface area contributed by atoms with Crippen molar-refractivity contribution in [3.05, 3.63) is 71.3 Å². The fourth-order valence-electron chi connectivity index (χ4n) is 3.09. The molecule has 0 aliphatic heterocycles. The minimum absolute atomic E-state index is 0.0751. The number of fused-ring (bicyclic) bond motifs is 1. The van der Waals surface area contributed by atoms with Gasteiger partial charge in [0.25, 0.3) is 0 Å². The van der Waals surface area contributed by atoms with Crippen LogP contribution in [0.2, 0.25) is 0 Å². The van der Waals surface area contributed by atoms with Crippen LogP contribution in [0.1, 0.15) is 11.1 Å². The third-order valence-corrected chi connectivity index (χ3v) is 5.39. The largest absolute Gasteiger partial charge is 0.404 e. The zero-order valence-corrected chi connectivity index (χ0v) is 16.5. The quantitative estimate of drug-likeness (QED) is 0.446. The second-order valence-electron chi connectivity index (χ2n) is 6.29. The molecule has 0 radical (unpaired) electrons. The van der Waals surface area contributed by atoms with Crippen LogP contribution in [0.25, 0.3) is 16.5 Å². The zero-order valence-electron chi connectivity index (χ0n) is 15.7. The van der Waals surface area contributed by atoms with Crippen LogP contribution in [0.3, 0.4) is 0 Å². The number of nitrogens with zero attached hydrogens (tertiary/aromatic N) is 2. The molecule has 4 nitrogen and oxygen atoms in total. The van der Waals surface area contributed by atoms with Crippen LogP contribution in [0, 0.1) is 17.5 Å². The molecule has 29 heavy (non-hydrogen) atoms. The molecule has 0 atom stereocenters. The summed E-state index contributed by atoms with van der Waals surface area (Å²) in [5.41, 5.74) is 7.41. The van der Waals surface area contributed by atoms with E-state index >= 15 is 0 Å². The molecule has 0 aliphatic carbocycles. The van der Waals surface area contributed by atoms with Crippen molar-refractivity contribution in [2.75, 3.05) is 19.4 Å². The van der Waals surface area contributed by atoms with E-state index in [2.05, 4.69) is 4.99 Å². The fraction of sp³-hybridized carbons (Fsp3) is 0.190. The van der Waals surface area contributed by atoms with Gasteiger partial charge in [0.05, 0.1) is 18.7 Å². The summed E-state index contributed by atoms with van der Waals surface area (Å²) in [5.74, 6) is -1.49. The van der Waals surface area contributed by atoms with E-state index < -0.39 is 17.5 Å². The van der Waals surface area contributed by atoms with E-state index in [0.29, 0.717) is 32.9 Å². The molecule has 0 amide bonds. The number of thioether (sulfide) groups is 1. The molecule has 3 N–H and O–H groups in total. The number of benzene rings is 2. The van der Waals surface area contributed by atoms with Gasteiger partial charge >= 0.3 is 0 Å². The van der Waals surface area contributed by atoms with E-state index in [-0.39, 0.29) is 18.5 Å². The lowest BCUT2D eigenvalue weighted by atomic mass is 10.0. The Labute approximate surface area is 170 Å². The highest BCUT2D eigenvalue weighted by molar-refractivity contribution is 7.99. The molecule has 0 saturated heterocycles. The van der Waals surface area contributed by atoms with E-state index in [9.17, 15) is 13.2 Å². The van der Waals surface area contributed by atoms with Crippen molar-refractivity contribution < 1.29 is 18.3 Å². The minimum Gasteiger partial charge on any atom is -0.404 e. The van der Waals surface area contributed by atoms with Crippen LogP contribution < -0.4 is 5.73 Å². The van der Waals surface area contributed by atoms with Gasteiger partial charge in [-0.3, -0.25) is 4.99 Å². The molecule has 0 unspecified atom stereocenters. The average molecular weight is 419 g/mol. The Morgan fingerprint density at radius 1 is 1.21 bits per heavy atom. The van der Waals surface area contributed by atoms with E-state index in [1.807, 2.05) is 0 Å². The standard InChI is InChI=1S/C21H20F3N3OS/c1-26-10-15(9-25)13-2-3-14(17(23)6-13)11-27-12-20(29-5-4-28)21-18(24)7-16(22)8-19(21)27/h2-3,6-10,12,28H,4-5,11,25H2,1H3/b15-9+,26-10?. The number of aliphatic imine (C=N–C) groups is 1. The Bertz CT molecular complexity index is 1090. The Hall–Kier alpha value is -2.71. The topological polar surface area (TPSA) is 63.5 Å². The normalized spacial score (nSPS) is 12.4. The van der Waals surface area contributed by atoms with Gasteiger partial charge in [-0.2, -0.15) is 0 Å². The predicted octanol–water partition coefficient (Wildman–Crippen LogP) is 4.19. The molecule has 1 heterocycles. The van der Waals surface area contributed by atoms with Crippen molar-refractivity contribution in [3.63, 3.8) is 0 Å². The summed E-state index contributed by atoms with van der Waals surface area (Å²) in [6.07, 6.45) is 4.52. The summed E-state index contributed by atoms with van der Waals surface area (Å²) < 4.78 is 44.5. The number of nitrogens with two attached hydrogens (primary N) is 1. The van der Waals surface area contributed by atoms with Gasteiger partial charge in [-0.25, -0.2) is 13.2 Å². The summed E-state index contributed by atoms with van der Waals surface area (Å²) in [6.45, 7) is 0.0169. The molecule has 8 heteroatoms. The van der Waals surface area contributed by atoms with Crippen molar-refractivity contribution >= 4 is 34.5 Å². The minimum atomic E-state index is -0.708. The van der Waals surface area contributed by atoms with Gasteiger partial charge in [0, 0.05) is 58.9 Å². The van der Waals surface area contributed by atoms with Crippen molar-refractivity contribution in [3.8, 4) is 0 Å². The van der Waals surface area contributed by atoms with Crippen LogP contribution in [0.4, 0.5) is 13.2 Å². The number of hydrogen-bond acceptors (Lipinski definition) is 4. The summed E-state index contributed by atoms with van der Waals surface area (Å²) >= 11 is 1.26. The molecular weight excluding hydrogens is 399 g/mol. The lowest BCUT2D eigenvalue weighted by Gasteiger charge is -2.09. The Balaban J connectivity index is 2.02. The van der Waals surface area contributed by atoms with Crippen molar-refractivity contribution in [1.29, 1.82) is 0 Å². The summed E-state index contributed by atoms with van der Waals surface area (Å²) in [6, 6.07) is 6.72. The highest BCUT2D eigenvalue weighted by Gasteiger charge is 2.16. The molecule has 3 rings (SSSR count). The van der Waals surface area contributed by atoms with Gasteiger partial charge in [0.15, 0.2) is 0 Å². The third-order valence-electron chi connectivity index (χ3n) is 4.39. The highest BCUT2D eigenvalue weighted by Crippen LogP contribution is 2.33. The number of halogens is 3. The Morgan fingerprint density at radius 2 is 2.00 bits per heavy atom. The molecule has 2 aromatic carbocycles. The van der Waals surface area contributed by atoms with E-state index in [1.54, 1.807) is 29.9 Å². The summed E-state index contributed by atoms with van der Waals surface area (Å²) in [5, 5.41) is 9.33. The lowest BCUT2D eigenvalue weighted by Crippen LogP contribution is -2.02. The first-order valence-corrected chi connectivity index (χ1v) is 9.81. The van der Waals surface area contributed by atoms with Gasteiger partial charge in [-0.05, 0) is 17.7 Å². The zero-order chi connectivity index (χ0) is 21.0. The molecule has 0 bridgehead atoms. The van der Waals surface area contributed by atoms with E-state index in [1.165, 1.54) is 36.3 Å². The van der Waals surface area contributed by atoms with Gasteiger partial charge in [-0.1, -0.05) is 12.1 Å². The number of aliphatic hydroxyl groups excluding tert-OH is 1. The average Bonchev–Trinajstić information content (AvgIpc) is 3.03. The Morgan fingerprint density at radius 3 is 2.66 bits per heavy atom. The number of aromatic nitrogens is 1. The first-order chi connectivity index (χ1) is 14.0. The lowest BCUT2D eigenvalue weighted by molar-refractivity contribution is 0.322. The van der Waals surface area contributed by atoms with Crippen LogP contribution in [0.5, 0.6) is 0 Å². The number of allylic oxidation sites excluding steroid dienone is 1. The molecule has 0 fully saturated rings. The SMILES string of the molecule is CN=C/C(=C\N)c1ccc(Cn2cc(SCCO)c3c(F)cc(F)cc32)c(F)c1. The maximum atomic E-state index is 14.7. The van der Waals surface area contributed by atoms with E-state index in [4.69, 9.17) is 10.8 Å². The first kappa shape index (κ1) is 21.0. The van der Waals surface area contributed by atoms with Crippen molar-refractivity contribution in [1.82, 2.24) is 4.57 Å². The molecule has 0 spiro atoms. The molecule has 1 aromatic heterocycles. The number of hydrogen-bond donors (Lipinski definition) is 2. The molecule has 3 aromatic rings. The van der Waals surface area contributed by atoms with Crippen molar-refractivity contribution in [2.24, 2.45) is 10.7 Å². The van der Waals surface area contributed by atoms with Crippen LogP contribution in [0.15, 0.2) is 52.6 Å². The molecular formula is C21H20F3N3OS. The maximum Gasteiger partial charge on any atom is 0.136 e. The highest BCUT2D eigenvalue weighted by atomic mass is 32.2. The van der Waals surface area contributed by atoms with Gasteiger partial charge < -0.3 is 15.4 Å². The molecule has 152 valence electrons. The molecule has 0 saturated carbocycles. The van der Waals surface area contributed by atoms with Crippen LogP contribution in [-0.2, 0) is 6.54 Å².